The number of rotatable bonds is 8. The molecule has 2 amide bonds. The monoisotopic (exact) mass is 428 g/mol. The van der Waals surface area contributed by atoms with Crippen LogP contribution in [0.4, 0.5) is 10.5 Å². The zero-order chi connectivity index (χ0) is 23.0. The van der Waals surface area contributed by atoms with Crippen LogP contribution in [0, 0.1) is 6.92 Å². The van der Waals surface area contributed by atoms with Gasteiger partial charge in [-0.2, -0.15) is 0 Å². The molecule has 0 aliphatic carbocycles. The molecule has 7 heteroatoms. The Morgan fingerprint density at radius 1 is 1.06 bits per heavy atom. The fraction of sp³-hybridized carbons (Fsp3) is 0.417. The molecular weight excluding hydrogens is 396 g/mol. The molecule has 0 heterocycles. The summed E-state index contributed by atoms with van der Waals surface area (Å²) in [5.41, 5.74) is 1.74. The highest BCUT2D eigenvalue weighted by Crippen LogP contribution is 2.25. The summed E-state index contributed by atoms with van der Waals surface area (Å²) in [5, 5.41) is 5.48. The van der Waals surface area contributed by atoms with Gasteiger partial charge in [0.25, 0.3) is 0 Å². The van der Waals surface area contributed by atoms with Gasteiger partial charge in [-0.05, 0) is 57.9 Å². The van der Waals surface area contributed by atoms with Crippen LogP contribution in [0.25, 0.3) is 0 Å². The lowest BCUT2D eigenvalue weighted by molar-refractivity contribution is -0.122. The van der Waals surface area contributed by atoms with Gasteiger partial charge in [-0.15, -0.1) is 0 Å². The van der Waals surface area contributed by atoms with Gasteiger partial charge in [-0.1, -0.05) is 36.4 Å². The number of amides is 2. The summed E-state index contributed by atoms with van der Waals surface area (Å²) < 4.78 is 16.6. The first-order chi connectivity index (χ1) is 14.6. The molecular formula is C24H32N2O5. The Balaban J connectivity index is 2.18. The van der Waals surface area contributed by atoms with Crippen molar-refractivity contribution in [1.29, 1.82) is 0 Å². The SMILES string of the molecule is COc1ccc(C)cc1NC(=O)[C@@H](NC(=O)OC(C)(C)C)[C@@H](C)OCc1ccccc1. The van der Waals surface area contributed by atoms with E-state index in [1.165, 1.54) is 7.11 Å². The van der Waals surface area contributed by atoms with Crippen LogP contribution in [0.3, 0.4) is 0 Å². The third-order valence-electron chi connectivity index (χ3n) is 4.39. The maximum atomic E-state index is 13.1. The van der Waals surface area contributed by atoms with Crippen LogP contribution in [0.1, 0.15) is 38.8 Å². The lowest BCUT2D eigenvalue weighted by atomic mass is 10.1. The smallest absolute Gasteiger partial charge is 0.408 e. The lowest BCUT2D eigenvalue weighted by Crippen LogP contribution is -2.52. The van der Waals surface area contributed by atoms with Crippen molar-refractivity contribution in [2.24, 2.45) is 0 Å². The van der Waals surface area contributed by atoms with E-state index in [0.717, 1.165) is 11.1 Å². The molecule has 168 valence electrons. The molecule has 0 aliphatic rings. The number of benzene rings is 2. The second-order valence-electron chi connectivity index (χ2n) is 8.32. The summed E-state index contributed by atoms with van der Waals surface area (Å²) in [5.74, 6) is 0.0862. The first-order valence-corrected chi connectivity index (χ1v) is 10.2. The molecule has 0 radical (unpaired) electrons. The van der Waals surface area contributed by atoms with Crippen molar-refractivity contribution in [1.82, 2.24) is 5.32 Å². The predicted octanol–water partition coefficient (Wildman–Crippen LogP) is 4.44. The van der Waals surface area contributed by atoms with E-state index in [1.807, 2.05) is 43.3 Å². The van der Waals surface area contributed by atoms with E-state index in [2.05, 4.69) is 10.6 Å². The van der Waals surface area contributed by atoms with E-state index in [-0.39, 0.29) is 0 Å². The molecule has 0 aliphatic heterocycles. The topological polar surface area (TPSA) is 85.9 Å². The van der Waals surface area contributed by atoms with Crippen LogP contribution < -0.4 is 15.4 Å². The Kier molecular flexibility index (Phi) is 8.45. The van der Waals surface area contributed by atoms with Crippen LogP contribution >= 0.6 is 0 Å². The highest BCUT2D eigenvalue weighted by Gasteiger charge is 2.30. The highest BCUT2D eigenvalue weighted by molar-refractivity contribution is 5.98. The molecule has 2 aromatic rings. The van der Waals surface area contributed by atoms with Crippen molar-refractivity contribution >= 4 is 17.7 Å². The van der Waals surface area contributed by atoms with E-state index in [4.69, 9.17) is 14.2 Å². The average Bonchev–Trinajstić information content (AvgIpc) is 2.70. The number of hydrogen-bond acceptors (Lipinski definition) is 5. The van der Waals surface area contributed by atoms with Gasteiger partial charge in [0, 0.05) is 0 Å². The lowest BCUT2D eigenvalue weighted by Gasteiger charge is -2.27. The average molecular weight is 429 g/mol. The Bertz CT molecular complexity index is 877. The van der Waals surface area contributed by atoms with Gasteiger partial charge < -0.3 is 24.8 Å². The Labute approximate surface area is 184 Å². The summed E-state index contributed by atoms with van der Waals surface area (Å²) in [6.07, 6.45) is -1.32. The number of aryl methyl sites for hydroxylation is 1. The maximum Gasteiger partial charge on any atom is 0.408 e. The molecule has 2 N–H and O–H groups in total. The minimum absolute atomic E-state index is 0.301. The molecule has 0 fully saturated rings. The molecule has 2 atom stereocenters. The Morgan fingerprint density at radius 2 is 1.74 bits per heavy atom. The summed E-state index contributed by atoms with van der Waals surface area (Å²) in [7, 11) is 1.53. The zero-order valence-electron chi connectivity index (χ0n) is 19.0. The summed E-state index contributed by atoms with van der Waals surface area (Å²) >= 11 is 0. The van der Waals surface area contributed by atoms with Crippen molar-refractivity contribution in [3.05, 3.63) is 59.7 Å². The molecule has 0 aromatic heterocycles. The van der Waals surface area contributed by atoms with Gasteiger partial charge in [0.1, 0.15) is 17.4 Å². The second kappa shape index (κ2) is 10.8. The number of alkyl carbamates (subject to hydrolysis) is 1. The standard InChI is InChI=1S/C24H32N2O5/c1-16-12-13-20(29-6)19(14-16)25-22(27)21(26-23(28)31-24(3,4)5)17(2)30-15-18-10-8-7-9-11-18/h7-14,17,21H,15H2,1-6H3,(H,25,27)(H,26,28)/t17-,21+/m1/s1. The summed E-state index contributed by atoms with van der Waals surface area (Å²) in [6, 6.07) is 14.1. The third kappa shape index (κ3) is 7.94. The third-order valence-corrected chi connectivity index (χ3v) is 4.39. The number of hydrogen-bond donors (Lipinski definition) is 2. The van der Waals surface area contributed by atoms with Gasteiger partial charge in [0.05, 0.1) is 25.5 Å². The number of carbonyl (C=O) groups excluding carboxylic acids is 2. The summed E-state index contributed by atoms with van der Waals surface area (Å²) in [4.78, 5) is 25.5. The van der Waals surface area contributed by atoms with E-state index >= 15 is 0 Å². The van der Waals surface area contributed by atoms with Crippen molar-refractivity contribution in [3.8, 4) is 5.75 Å². The van der Waals surface area contributed by atoms with E-state index < -0.39 is 29.7 Å². The molecule has 0 saturated heterocycles. The Hall–Kier alpha value is -3.06. The van der Waals surface area contributed by atoms with Crippen LogP contribution in [-0.2, 0) is 20.9 Å². The van der Waals surface area contributed by atoms with Crippen molar-refractivity contribution in [2.45, 2.75) is 59.0 Å². The molecule has 2 aromatic carbocycles. The van der Waals surface area contributed by atoms with Crippen LogP contribution in [-0.4, -0.2) is 36.9 Å². The normalized spacial score (nSPS) is 13.1. The van der Waals surface area contributed by atoms with Gasteiger partial charge in [-0.25, -0.2) is 4.79 Å². The van der Waals surface area contributed by atoms with Gasteiger partial charge in [-0.3, -0.25) is 4.79 Å². The molecule has 0 bridgehead atoms. The number of methoxy groups -OCH3 is 1. The second-order valence-corrected chi connectivity index (χ2v) is 8.32. The maximum absolute atomic E-state index is 13.1. The molecule has 31 heavy (non-hydrogen) atoms. The van der Waals surface area contributed by atoms with Gasteiger partial charge in [0.15, 0.2) is 0 Å². The van der Waals surface area contributed by atoms with Gasteiger partial charge >= 0.3 is 6.09 Å². The first-order valence-electron chi connectivity index (χ1n) is 10.2. The van der Waals surface area contributed by atoms with Crippen LogP contribution in [0.15, 0.2) is 48.5 Å². The van der Waals surface area contributed by atoms with Gasteiger partial charge in [0.2, 0.25) is 5.91 Å². The molecule has 2 rings (SSSR count). The highest BCUT2D eigenvalue weighted by atomic mass is 16.6. The number of nitrogens with one attached hydrogen (secondary N) is 2. The van der Waals surface area contributed by atoms with Crippen molar-refractivity contribution < 1.29 is 23.8 Å². The van der Waals surface area contributed by atoms with Crippen LogP contribution in [0.5, 0.6) is 5.75 Å². The molecule has 0 saturated carbocycles. The molecule has 0 unspecified atom stereocenters. The van der Waals surface area contributed by atoms with E-state index in [9.17, 15) is 9.59 Å². The number of carbonyl (C=O) groups is 2. The fourth-order valence-corrected chi connectivity index (χ4v) is 2.86. The zero-order valence-corrected chi connectivity index (χ0v) is 19.0. The number of anilines is 1. The molecule has 0 spiro atoms. The van der Waals surface area contributed by atoms with E-state index in [0.29, 0.717) is 18.0 Å². The number of ether oxygens (including phenoxy) is 3. The minimum Gasteiger partial charge on any atom is -0.495 e. The summed E-state index contributed by atoms with van der Waals surface area (Å²) in [6.45, 7) is 9.22. The van der Waals surface area contributed by atoms with Crippen molar-refractivity contribution in [3.63, 3.8) is 0 Å². The minimum atomic E-state index is -0.983. The Morgan fingerprint density at radius 3 is 2.35 bits per heavy atom. The van der Waals surface area contributed by atoms with Crippen LogP contribution in [0.2, 0.25) is 0 Å². The quantitative estimate of drug-likeness (QED) is 0.649. The van der Waals surface area contributed by atoms with E-state index in [1.54, 1.807) is 39.8 Å². The molecule has 7 nitrogen and oxygen atoms in total. The fourth-order valence-electron chi connectivity index (χ4n) is 2.86. The largest absolute Gasteiger partial charge is 0.495 e. The predicted molar refractivity (Wildman–Crippen MR) is 120 cm³/mol. The first kappa shape index (κ1) is 24.2. The van der Waals surface area contributed by atoms with Crippen molar-refractivity contribution in [2.75, 3.05) is 12.4 Å².